The van der Waals surface area contributed by atoms with Crippen LogP contribution in [0.3, 0.4) is 0 Å². The van der Waals surface area contributed by atoms with Crippen molar-refractivity contribution in [2.24, 2.45) is 0 Å². The molecular formula is C19H8F8N2O7. The highest BCUT2D eigenvalue weighted by Gasteiger charge is 2.75. The smallest absolute Gasteiger partial charge is 0.381 e. The maximum atomic E-state index is 13.8. The molecule has 0 atom stereocenters. The largest absolute Gasteiger partial charge is 0.455 e. The van der Waals surface area contributed by atoms with E-state index in [9.17, 15) is 64.9 Å². The van der Waals surface area contributed by atoms with E-state index >= 15 is 0 Å². The number of ketones is 1. The summed E-state index contributed by atoms with van der Waals surface area (Å²) >= 11 is 0. The van der Waals surface area contributed by atoms with Gasteiger partial charge in [-0.3, -0.25) is 25.0 Å². The van der Waals surface area contributed by atoms with Gasteiger partial charge in [0.15, 0.2) is 12.4 Å². The SMILES string of the molecule is O=C(OCC(F)(F)C(F)(F)C(F)(F)C(F)F)c1cc([N+](=O)[O-])cc2c1-c1ccc([N+](=O)[O-])cc1C2=O. The van der Waals surface area contributed by atoms with Crippen LogP contribution in [0.1, 0.15) is 26.3 Å². The van der Waals surface area contributed by atoms with Crippen molar-refractivity contribution in [3.63, 3.8) is 0 Å². The molecule has 1 aliphatic carbocycles. The van der Waals surface area contributed by atoms with E-state index in [1.54, 1.807) is 0 Å². The number of benzene rings is 2. The van der Waals surface area contributed by atoms with Crippen molar-refractivity contribution in [2.75, 3.05) is 6.61 Å². The first kappa shape index (κ1) is 26.4. The monoisotopic (exact) mass is 528 g/mol. The summed E-state index contributed by atoms with van der Waals surface area (Å²) in [6.45, 7) is -2.85. The molecule has 0 radical (unpaired) electrons. The van der Waals surface area contributed by atoms with Gasteiger partial charge in [0.05, 0.1) is 15.4 Å². The average molecular weight is 528 g/mol. The third-order valence-electron chi connectivity index (χ3n) is 5.06. The third-order valence-corrected chi connectivity index (χ3v) is 5.06. The molecule has 36 heavy (non-hydrogen) atoms. The van der Waals surface area contributed by atoms with Gasteiger partial charge in [-0.1, -0.05) is 0 Å². The van der Waals surface area contributed by atoms with E-state index in [1.807, 2.05) is 0 Å². The number of alkyl halides is 8. The number of nitro benzene ring substituents is 2. The maximum Gasteiger partial charge on any atom is 0.381 e. The van der Waals surface area contributed by atoms with Gasteiger partial charge < -0.3 is 4.74 Å². The van der Waals surface area contributed by atoms with Gasteiger partial charge in [0.1, 0.15) is 0 Å². The van der Waals surface area contributed by atoms with Crippen LogP contribution in [0.4, 0.5) is 46.5 Å². The molecule has 0 saturated carbocycles. The second-order valence-electron chi connectivity index (χ2n) is 7.27. The van der Waals surface area contributed by atoms with Gasteiger partial charge in [-0.2, -0.15) is 26.3 Å². The van der Waals surface area contributed by atoms with Crippen molar-refractivity contribution in [1.29, 1.82) is 0 Å². The standard InChI is InChI=1S/C19H8F8N2O7/c20-16(21)18(24,25)19(26,27)17(22,23)6-36-15(31)12-5-8(29(34)35)4-11-13(12)9-2-1-7(28(32)33)3-10(9)14(11)30/h1-5,16H,6H2. The van der Waals surface area contributed by atoms with Crippen molar-refractivity contribution in [2.45, 2.75) is 24.2 Å². The van der Waals surface area contributed by atoms with Crippen LogP contribution in [0, 0.1) is 20.2 Å². The van der Waals surface area contributed by atoms with Crippen LogP contribution in [0.25, 0.3) is 11.1 Å². The van der Waals surface area contributed by atoms with Crippen LogP contribution in [0.5, 0.6) is 0 Å². The number of fused-ring (bicyclic) bond motifs is 3. The van der Waals surface area contributed by atoms with E-state index < -0.39 is 86.0 Å². The van der Waals surface area contributed by atoms with E-state index in [2.05, 4.69) is 4.74 Å². The number of nitrogens with zero attached hydrogens (tertiary/aromatic N) is 2. The normalized spacial score (nSPS) is 13.4. The zero-order valence-corrected chi connectivity index (χ0v) is 16.9. The molecule has 0 saturated heterocycles. The zero-order chi connectivity index (χ0) is 27.4. The number of carbonyl (C=O) groups is 2. The summed E-state index contributed by atoms with van der Waals surface area (Å²) in [6.07, 6.45) is -5.21. The Kier molecular flexibility index (Phi) is 6.23. The summed E-state index contributed by atoms with van der Waals surface area (Å²) in [5.41, 5.74) is -4.40. The number of hydrogen-bond acceptors (Lipinski definition) is 7. The minimum Gasteiger partial charge on any atom is -0.455 e. The third kappa shape index (κ3) is 3.99. The van der Waals surface area contributed by atoms with Crippen molar-refractivity contribution < 1.29 is 59.3 Å². The van der Waals surface area contributed by atoms with Gasteiger partial charge >= 0.3 is 30.2 Å². The fraction of sp³-hybridized carbons (Fsp3) is 0.263. The van der Waals surface area contributed by atoms with Gasteiger partial charge in [0.2, 0.25) is 0 Å². The molecule has 0 amide bonds. The highest BCUT2D eigenvalue weighted by atomic mass is 19.4. The van der Waals surface area contributed by atoms with Gasteiger partial charge in [0, 0.05) is 41.0 Å². The lowest BCUT2D eigenvalue weighted by atomic mass is 9.98. The molecule has 3 rings (SSSR count). The quantitative estimate of drug-likeness (QED) is 0.173. The van der Waals surface area contributed by atoms with Crippen molar-refractivity contribution in [1.82, 2.24) is 0 Å². The summed E-state index contributed by atoms with van der Waals surface area (Å²) in [4.78, 5) is 45.3. The van der Waals surface area contributed by atoms with E-state index in [0.29, 0.717) is 12.1 Å². The molecule has 9 nitrogen and oxygen atoms in total. The molecule has 0 bridgehead atoms. The van der Waals surface area contributed by atoms with E-state index in [-0.39, 0.29) is 5.56 Å². The molecule has 0 unspecified atom stereocenters. The minimum atomic E-state index is -6.68. The maximum absolute atomic E-state index is 13.8. The van der Waals surface area contributed by atoms with Crippen LogP contribution < -0.4 is 0 Å². The topological polar surface area (TPSA) is 130 Å². The average Bonchev–Trinajstić information content (AvgIpc) is 3.08. The molecule has 0 heterocycles. The number of rotatable bonds is 8. The Morgan fingerprint density at radius 3 is 1.97 bits per heavy atom. The van der Waals surface area contributed by atoms with Crippen LogP contribution in [-0.4, -0.2) is 52.4 Å². The lowest BCUT2D eigenvalue weighted by Gasteiger charge is -2.31. The van der Waals surface area contributed by atoms with E-state index in [0.717, 1.165) is 18.2 Å². The fourth-order valence-corrected chi connectivity index (χ4v) is 3.26. The molecule has 0 spiro atoms. The number of carbonyl (C=O) groups excluding carboxylic acids is 2. The molecule has 0 fully saturated rings. The number of esters is 1. The van der Waals surface area contributed by atoms with Crippen LogP contribution >= 0.6 is 0 Å². The first-order valence-electron chi connectivity index (χ1n) is 9.18. The van der Waals surface area contributed by atoms with Gasteiger partial charge in [0.25, 0.3) is 11.4 Å². The Bertz CT molecular complexity index is 1310. The summed E-state index contributed by atoms with van der Waals surface area (Å²) in [6, 6.07) is 3.59. The Balaban J connectivity index is 2.05. The van der Waals surface area contributed by atoms with Crippen LogP contribution in [-0.2, 0) is 4.74 Å². The van der Waals surface area contributed by atoms with Gasteiger partial charge in [-0.05, 0) is 11.6 Å². The highest BCUT2D eigenvalue weighted by Crippen LogP contribution is 2.49. The zero-order valence-electron chi connectivity index (χ0n) is 16.9. The molecule has 0 aliphatic heterocycles. The summed E-state index contributed by atoms with van der Waals surface area (Å²) in [5.74, 6) is -22.3. The molecule has 192 valence electrons. The Hall–Kier alpha value is -4.18. The summed E-state index contributed by atoms with van der Waals surface area (Å²) < 4.78 is 109. The number of non-ortho nitro benzene ring substituents is 2. The number of ether oxygens (including phenoxy) is 1. The van der Waals surface area contributed by atoms with Gasteiger partial charge in [-0.15, -0.1) is 0 Å². The van der Waals surface area contributed by atoms with Gasteiger partial charge in [-0.25, -0.2) is 13.6 Å². The number of halogens is 8. The summed E-state index contributed by atoms with van der Waals surface area (Å²) in [5, 5.41) is 22.2. The van der Waals surface area contributed by atoms with Crippen molar-refractivity contribution >= 4 is 23.1 Å². The summed E-state index contributed by atoms with van der Waals surface area (Å²) in [7, 11) is 0. The fourth-order valence-electron chi connectivity index (χ4n) is 3.26. The minimum absolute atomic E-state index is 0.247. The molecule has 2 aromatic carbocycles. The van der Waals surface area contributed by atoms with Crippen LogP contribution in [0.2, 0.25) is 0 Å². The highest BCUT2D eigenvalue weighted by molar-refractivity contribution is 6.24. The Morgan fingerprint density at radius 2 is 1.44 bits per heavy atom. The Labute approximate surface area is 192 Å². The predicted octanol–water partition coefficient (Wildman–Crippen LogP) is 5.04. The molecule has 1 aliphatic rings. The van der Waals surface area contributed by atoms with Crippen LogP contribution in [0.15, 0.2) is 30.3 Å². The first-order chi connectivity index (χ1) is 16.4. The second kappa shape index (κ2) is 8.49. The van der Waals surface area contributed by atoms with E-state index in [4.69, 9.17) is 0 Å². The molecule has 0 aromatic heterocycles. The van der Waals surface area contributed by atoms with Crippen molar-refractivity contribution in [3.8, 4) is 11.1 Å². The molecule has 2 aromatic rings. The molecular weight excluding hydrogens is 520 g/mol. The lowest BCUT2D eigenvalue weighted by Crippen LogP contribution is -2.59. The second-order valence-corrected chi connectivity index (χ2v) is 7.27. The number of nitro groups is 2. The predicted molar refractivity (Wildman–Crippen MR) is 99.7 cm³/mol. The molecule has 17 heteroatoms. The molecule has 0 N–H and O–H groups in total. The number of hydrogen-bond donors (Lipinski definition) is 0. The lowest BCUT2D eigenvalue weighted by molar-refractivity contribution is -0.385. The van der Waals surface area contributed by atoms with E-state index in [1.165, 1.54) is 0 Å². The van der Waals surface area contributed by atoms with Crippen molar-refractivity contribution in [3.05, 3.63) is 67.3 Å². The Morgan fingerprint density at radius 1 is 0.889 bits per heavy atom. The first-order valence-corrected chi connectivity index (χ1v) is 9.18.